The van der Waals surface area contributed by atoms with E-state index in [-0.39, 0.29) is 0 Å². The summed E-state index contributed by atoms with van der Waals surface area (Å²) in [4.78, 5) is 0. The molecule has 0 aliphatic carbocycles. The highest BCUT2D eigenvalue weighted by atomic mass is 15.3. The van der Waals surface area contributed by atoms with Crippen molar-refractivity contribution in [3.63, 3.8) is 0 Å². The summed E-state index contributed by atoms with van der Waals surface area (Å²) in [7, 11) is 1.98. The van der Waals surface area contributed by atoms with Gasteiger partial charge in [-0.25, -0.2) is 0 Å². The lowest BCUT2D eigenvalue weighted by atomic mass is 10.1. The van der Waals surface area contributed by atoms with Gasteiger partial charge >= 0.3 is 0 Å². The van der Waals surface area contributed by atoms with Crippen molar-refractivity contribution in [2.45, 2.75) is 33.6 Å². The molecule has 1 aromatic rings. The summed E-state index contributed by atoms with van der Waals surface area (Å²) in [5, 5.41) is 4.36. The van der Waals surface area contributed by atoms with Crippen LogP contribution in [-0.2, 0) is 13.5 Å². The Kier molecular flexibility index (Phi) is 3.13. The van der Waals surface area contributed by atoms with E-state index in [1.807, 2.05) is 18.7 Å². The second kappa shape index (κ2) is 4.13. The Morgan fingerprint density at radius 1 is 1.38 bits per heavy atom. The Hall–Kier alpha value is -1.23. The van der Waals surface area contributed by atoms with Gasteiger partial charge in [0.1, 0.15) is 0 Å². The fourth-order valence-electron chi connectivity index (χ4n) is 1.49. The Bertz CT molecular complexity index is 350. The fraction of sp³-hybridized carbons (Fsp3) is 0.545. The van der Waals surface area contributed by atoms with E-state index in [9.17, 15) is 0 Å². The van der Waals surface area contributed by atoms with E-state index in [1.165, 1.54) is 11.3 Å². The van der Waals surface area contributed by atoms with Gasteiger partial charge in [-0.1, -0.05) is 0 Å². The summed E-state index contributed by atoms with van der Waals surface area (Å²) in [6.07, 6.45) is 1.95. The molecule has 70 valence electrons. The molecule has 0 amide bonds. The molecule has 0 spiro atoms. The number of hydrogen-bond donors (Lipinski definition) is 0. The van der Waals surface area contributed by atoms with Crippen LogP contribution >= 0.6 is 0 Å². The molecule has 1 heterocycles. The van der Waals surface area contributed by atoms with Gasteiger partial charge in [0, 0.05) is 19.2 Å². The summed E-state index contributed by atoms with van der Waals surface area (Å²) < 4.78 is 1.93. The number of aromatic nitrogens is 2. The molecule has 0 aromatic carbocycles. The average Bonchev–Trinajstić information content (AvgIpc) is 2.32. The topological polar surface area (TPSA) is 17.8 Å². The highest BCUT2D eigenvalue weighted by Crippen LogP contribution is 2.13. The minimum Gasteiger partial charge on any atom is -0.272 e. The maximum absolute atomic E-state index is 4.36. The van der Waals surface area contributed by atoms with E-state index >= 15 is 0 Å². The van der Waals surface area contributed by atoms with Gasteiger partial charge in [-0.3, -0.25) is 4.68 Å². The minimum absolute atomic E-state index is 0.934. The molecule has 1 rings (SSSR count). The van der Waals surface area contributed by atoms with Gasteiger partial charge in [0.15, 0.2) is 0 Å². The molecule has 0 fully saturated rings. The SMILES string of the molecule is CC#CCCc1c(C)nn(C)c1C. The molecular weight excluding hydrogens is 160 g/mol. The van der Waals surface area contributed by atoms with E-state index in [0.717, 1.165) is 18.5 Å². The zero-order valence-electron chi connectivity index (χ0n) is 8.81. The predicted molar refractivity (Wildman–Crippen MR) is 54.5 cm³/mol. The molecule has 2 nitrogen and oxygen atoms in total. The number of hydrogen-bond acceptors (Lipinski definition) is 1. The molecule has 13 heavy (non-hydrogen) atoms. The van der Waals surface area contributed by atoms with Crippen LogP contribution < -0.4 is 0 Å². The fourth-order valence-corrected chi connectivity index (χ4v) is 1.49. The lowest BCUT2D eigenvalue weighted by Gasteiger charge is -1.97. The molecule has 0 saturated carbocycles. The van der Waals surface area contributed by atoms with Gasteiger partial charge in [0.25, 0.3) is 0 Å². The van der Waals surface area contributed by atoms with Gasteiger partial charge in [0.05, 0.1) is 5.69 Å². The Morgan fingerprint density at radius 3 is 2.54 bits per heavy atom. The van der Waals surface area contributed by atoms with E-state index in [1.54, 1.807) is 0 Å². The summed E-state index contributed by atoms with van der Waals surface area (Å²) in [6, 6.07) is 0. The van der Waals surface area contributed by atoms with Crippen LogP contribution in [0, 0.1) is 25.7 Å². The van der Waals surface area contributed by atoms with Crippen LogP contribution in [0.3, 0.4) is 0 Å². The summed E-state index contributed by atoms with van der Waals surface area (Å²) in [5.41, 5.74) is 3.75. The van der Waals surface area contributed by atoms with Crippen LogP contribution in [0.25, 0.3) is 0 Å². The molecule has 0 aliphatic heterocycles. The monoisotopic (exact) mass is 176 g/mol. The normalized spacial score (nSPS) is 9.54. The van der Waals surface area contributed by atoms with Crippen molar-refractivity contribution in [1.82, 2.24) is 9.78 Å². The Morgan fingerprint density at radius 2 is 2.08 bits per heavy atom. The molecule has 0 saturated heterocycles. The van der Waals surface area contributed by atoms with Crippen molar-refractivity contribution in [2.75, 3.05) is 0 Å². The lowest BCUT2D eigenvalue weighted by molar-refractivity contribution is 0.730. The molecule has 0 N–H and O–H groups in total. The predicted octanol–water partition coefficient (Wildman–Crippen LogP) is 1.99. The van der Waals surface area contributed by atoms with Crippen molar-refractivity contribution in [3.8, 4) is 11.8 Å². The molecule has 0 radical (unpaired) electrons. The smallest absolute Gasteiger partial charge is 0.0628 e. The van der Waals surface area contributed by atoms with Gasteiger partial charge in [0.2, 0.25) is 0 Å². The van der Waals surface area contributed by atoms with Crippen molar-refractivity contribution < 1.29 is 0 Å². The first-order valence-electron chi connectivity index (χ1n) is 4.55. The molecular formula is C11H16N2. The van der Waals surface area contributed by atoms with Crippen molar-refractivity contribution in [1.29, 1.82) is 0 Å². The molecule has 1 aromatic heterocycles. The van der Waals surface area contributed by atoms with Gasteiger partial charge in [-0.2, -0.15) is 5.10 Å². The number of rotatable bonds is 2. The molecule has 2 heteroatoms. The van der Waals surface area contributed by atoms with Gasteiger partial charge in [-0.15, -0.1) is 11.8 Å². The van der Waals surface area contributed by atoms with Crippen LogP contribution in [0.15, 0.2) is 0 Å². The summed E-state index contributed by atoms with van der Waals surface area (Å²) >= 11 is 0. The average molecular weight is 176 g/mol. The van der Waals surface area contributed by atoms with Crippen LogP contribution in [0.4, 0.5) is 0 Å². The highest BCUT2D eigenvalue weighted by Gasteiger charge is 2.07. The first kappa shape index (κ1) is 9.85. The third-order valence-electron chi connectivity index (χ3n) is 2.34. The number of aryl methyl sites for hydroxylation is 2. The van der Waals surface area contributed by atoms with E-state index < -0.39 is 0 Å². The molecule has 0 unspecified atom stereocenters. The van der Waals surface area contributed by atoms with Crippen LogP contribution in [0.1, 0.15) is 30.3 Å². The third kappa shape index (κ3) is 2.12. The van der Waals surface area contributed by atoms with E-state index in [0.29, 0.717) is 0 Å². The number of nitrogens with zero attached hydrogens (tertiary/aromatic N) is 2. The summed E-state index contributed by atoms with van der Waals surface area (Å²) in [5.74, 6) is 5.98. The van der Waals surface area contributed by atoms with Crippen molar-refractivity contribution in [2.24, 2.45) is 7.05 Å². The lowest BCUT2D eigenvalue weighted by Crippen LogP contribution is -1.93. The first-order chi connectivity index (χ1) is 6.16. The Balaban J connectivity index is 2.79. The van der Waals surface area contributed by atoms with Gasteiger partial charge < -0.3 is 0 Å². The maximum Gasteiger partial charge on any atom is 0.0628 e. The molecule has 0 aliphatic rings. The zero-order valence-corrected chi connectivity index (χ0v) is 8.81. The standard InChI is InChI=1S/C11H16N2/c1-5-6-7-8-11-9(2)12-13(4)10(11)3/h7-8H2,1-4H3. The summed E-state index contributed by atoms with van der Waals surface area (Å²) in [6.45, 7) is 6.04. The second-order valence-electron chi connectivity index (χ2n) is 3.20. The third-order valence-corrected chi connectivity index (χ3v) is 2.34. The van der Waals surface area contributed by atoms with E-state index in [4.69, 9.17) is 0 Å². The highest BCUT2D eigenvalue weighted by molar-refractivity contribution is 5.25. The van der Waals surface area contributed by atoms with E-state index in [2.05, 4.69) is 30.8 Å². The maximum atomic E-state index is 4.36. The largest absolute Gasteiger partial charge is 0.272 e. The minimum atomic E-state index is 0.934. The molecule has 0 bridgehead atoms. The van der Waals surface area contributed by atoms with Crippen molar-refractivity contribution in [3.05, 3.63) is 17.0 Å². The van der Waals surface area contributed by atoms with Crippen LogP contribution in [-0.4, -0.2) is 9.78 Å². The first-order valence-corrected chi connectivity index (χ1v) is 4.55. The Labute approximate surface area is 80.0 Å². The quantitative estimate of drug-likeness (QED) is 0.630. The van der Waals surface area contributed by atoms with Crippen LogP contribution in [0.5, 0.6) is 0 Å². The zero-order chi connectivity index (χ0) is 9.84. The van der Waals surface area contributed by atoms with Gasteiger partial charge in [-0.05, 0) is 32.8 Å². The second-order valence-corrected chi connectivity index (χ2v) is 3.20. The molecule has 0 atom stereocenters. The van der Waals surface area contributed by atoms with Crippen LogP contribution in [0.2, 0.25) is 0 Å². The van der Waals surface area contributed by atoms with Crippen molar-refractivity contribution >= 4 is 0 Å².